The Balaban J connectivity index is 2.95. The zero-order valence-electron chi connectivity index (χ0n) is 8.65. The summed E-state index contributed by atoms with van der Waals surface area (Å²) in [6.07, 6.45) is 5.02. The van der Waals surface area contributed by atoms with Crippen LogP contribution in [0.3, 0.4) is 0 Å². The summed E-state index contributed by atoms with van der Waals surface area (Å²) in [6, 6.07) is 0. The number of carbonyl (C=O) groups is 1. The lowest BCUT2D eigenvalue weighted by Gasteiger charge is -2.24. The van der Waals surface area contributed by atoms with Crippen molar-refractivity contribution in [1.82, 2.24) is 9.97 Å². The van der Waals surface area contributed by atoms with Gasteiger partial charge in [-0.2, -0.15) is 0 Å². The van der Waals surface area contributed by atoms with Gasteiger partial charge in [0.2, 0.25) is 0 Å². The lowest BCUT2D eigenvalue weighted by molar-refractivity contribution is 0.0105. The summed E-state index contributed by atoms with van der Waals surface area (Å²) >= 11 is 0. The van der Waals surface area contributed by atoms with Crippen molar-refractivity contribution in [2.75, 3.05) is 7.11 Å². The van der Waals surface area contributed by atoms with Crippen LogP contribution in [0.2, 0.25) is 0 Å². The van der Waals surface area contributed by atoms with Crippen molar-refractivity contribution in [3.8, 4) is 0 Å². The molecule has 4 heteroatoms. The van der Waals surface area contributed by atoms with E-state index in [1.54, 1.807) is 6.92 Å². The molecule has 0 aromatic carbocycles. The molecule has 0 N–H and O–H groups in total. The highest BCUT2D eigenvalue weighted by Gasteiger charge is 2.31. The van der Waals surface area contributed by atoms with Crippen LogP contribution in [-0.4, -0.2) is 28.5 Å². The molecule has 0 saturated heterocycles. The minimum atomic E-state index is -0.773. The van der Waals surface area contributed by atoms with Crippen LogP contribution in [0.15, 0.2) is 18.7 Å². The molecule has 1 atom stereocenters. The Morgan fingerprint density at radius 1 is 1.50 bits per heavy atom. The van der Waals surface area contributed by atoms with Gasteiger partial charge in [0.1, 0.15) is 11.9 Å². The minimum Gasteiger partial charge on any atom is -0.370 e. The molecule has 0 amide bonds. The number of hydrogen-bond donors (Lipinski definition) is 0. The molecular formula is C10H14N2O2. The third kappa shape index (κ3) is 1.96. The van der Waals surface area contributed by atoms with Gasteiger partial charge in [-0.05, 0) is 13.3 Å². The van der Waals surface area contributed by atoms with Crippen LogP contribution < -0.4 is 0 Å². The molecule has 0 saturated carbocycles. The monoisotopic (exact) mass is 194 g/mol. The van der Waals surface area contributed by atoms with Crippen molar-refractivity contribution in [2.45, 2.75) is 25.9 Å². The second-order valence-corrected chi connectivity index (χ2v) is 3.24. The molecule has 1 aromatic heterocycles. The standard InChI is InChI=1S/C10H14N2O2/c1-4-10(2,14-3)9(13)8-5-11-7-12-6-8/h5-7H,4H2,1-3H3. The number of methoxy groups -OCH3 is 1. The van der Waals surface area contributed by atoms with Gasteiger partial charge in [-0.25, -0.2) is 9.97 Å². The van der Waals surface area contributed by atoms with E-state index in [0.717, 1.165) is 0 Å². The fourth-order valence-electron chi connectivity index (χ4n) is 1.12. The molecule has 4 nitrogen and oxygen atoms in total. The van der Waals surface area contributed by atoms with E-state index >= 15 is 0 Å². The zero-order chi connectivity index (χ0) is 10.6. The van der Waals surface area contributed by atoms with E-state index in [-0.39, 0.29) is 5.78 Å². The number of ether oxygens (including phenoxy) is 1. The van der Waals surface area contributed by atoms with Gasteiger partial charge in [-0.15, -0.1) is 0 Å². The predicted molar refractivity (Wildman–Crippen MR) is 52.1 cm³/mol. The first kappa shape index (κ1) is 10.8. The maximum Gasteiger partial charge on any atom is 0.197 e. The van der Waals surface area contributed by atoms with Gasteiger partial charge < -0.3 is 4.74 Å². The summed E-state index contributed by atoms with van der Waals surface area (Å²) in [4.78, 5) is 19.5. The number of aromatic nitrogens is 2. The summed E-state index contributed by atoms with van der Waals surface area (Å²) in [5.41, 5.74) is -0.288. The Hall–Kier alpha value is -1.29. The van der Waals surface area contributed by atoms with Gasteiger partial charge in [0, 0.05) is 19.5 Å². The number of Topliss-reactive ketones (excluding diaryl/α,β-unsaturated/α-hetero) is 1. The lowest BCUT2D eigenvalue weighted by Crippen LogP contribution is -2.36. The number of rotatable bonds is 4. The van der Waals surface area contributed by atoms with Crippen LogP contribution in [-0.2, 0) is 4.74 Å². The fourth-order valence-corrected chi connectivity index (χ4v) is 1.12. The molecule has 0 aliphatic rings. The molecule has 14 heavy (non-hydrogen) atoms. The average molecular weight is 194 g/mol. The molecule has 76 valence electrons. The summed E-state index contributed by atoms with van der Waals surface area (Å²) in [5, 5.41) is 0. The number of ketones is 1. The molecular weight excluding hydrogens is 180 g/mol. The highest BCUT2D eigenvalue weighted by atomic mass is 16.5. The highest BCUT2D eigenvalue weighted by Crippen LogP contribution is 2.19. The Kier molecular flexibility index (Phi) is 3.30. The maximum atomic E-state index is 11.9. The molecule has 1 rings (SSSR count). The lowest BCUT2D eigenvalue weighted by atomic mass is 9.93. The summed E-state index contributed by atoms with van der Waals surface area (Å²) < 4.78 is 5.20. The maximum absolute atomic E-state index is 11.9. The molecule has 0 aliphatic carbocycles. The average Bonchev–Trinajstić information content (AvgIpc) is 2.28. The van der Waals surface area contributed by atoms with Crippen LogP contribution in [0.5, 0.6) is 0 Å². The first-order valence-electron chi connectivity index (χ1n) is 4.49. The van der Waals surface area contributed by atoms with Crippen LogP contribution in [0, 0.1) is 0 Å². The van der Waals surface area contributed by atoms with E-state index < -0.39 is 5.60 Å². The van der Waals surface area contributed by atoms with Crippen LogP contribution in [0.1, 0.15) is 30.6 Å². The fraction of sp³-hybridized carbons (Fsp3) is 0.500. The first-order chi connectivity index (χ1) is 6.64. The molecule has 1 aromatic rings. The van der Waals surface area contributed by atoms with Gasteiger partial charge >= 0.3 is 0 Å². The van der Waals surface area contributed by atoms with Crippen LogP contribution in [0.4, 0.5) is 0 Å². The van der Waals surface area contributed by atoms with Crippen LogP contribution in [0.25, 0.3) is 0 Å². The Bertz CT molecular complexity index is 307. The third-order valence-corrected chi connectivity index (χ3v) is 2.43. The SMILES string of the molecule is CCC(C)(OC)C(=O)c1cncnc1. The van der Waals surface area contributed by atoms with Gasteiger partial charge in [0.05, 0.1) is 5.56 Å². The normalized spacial score (nSPS) is 14.8. The van der Waals surface area contributed by atoms with E-state index in [1.165, 1.54) is 25.8 Å². The molecule has 1 unspecified atom stereocenters. The minimum absolute atomic E-state index is 0.0805. The molecule has 0 fully saturated rings. The molecule has 0 spiro atoms. The summed E-state index contributed by atoms with van der Waals surface area (Å²) in [5.74, 6) is -0.0805. The van der Waals surface area contributed by atoms with E-state index in [4.69, 9.17) is 4.74 Å². The molecule has 0 radical (unpaired) electrons. The smallest absolute Gasteiger partial charge is 0.197 e. The van der Waals surface area contributed by atoms with Crippen molar-refractivity contribution >= 4 is 5.78 Å². The van der Waals surface area contributed by atoms with Gasteiger partial charge in [0.25, 0.3) is 0 Å². The van der Waals surface area contributed by atoms with E-state index in [2.05, 4.69) is 9.97 Å². The van der Waals surface area contributed by atoms with Crippen molar-refractivity contribution < 1.29 is 9.53 Å². The number of nitrogens with zero attached hydrogens (tertiary/aromatic N) is 2. The Morgan fingerprint density at radius 3 is 2.50 bits per heavy atom. The molecule has 0 bridgehead atoms. The largest absolute Gasteiger partial charge is 0.370 e. The first-order valence-corrected chi connectivity index (χ1v) is 4.49. The van der Waals surface area contributed by atoms with E-state index in [9.17, 15) is 4.79 Å². The second-order valence-electron chi connectivity index (χ2n) is 3.24. The summed E-state index contributed by atoms with van der Waals surface area (Å²) in [6.45, 7) is 3.67. The Morgan fingerprint density at radius 2 is 2.07 bits per heavy atom. The van der Waals surface area contributed by atoms with Gasteiger partial charge in [-0.3, -0.25) is 4.79 Å². The highest BCUT2D eigenvalue weighted by molar-refractivity contribution is 6.01. The zero-order valence-corrected chi connectivity index (χ0v) is 8.65. The van der Waals surface area contributed by atoms with Crippen molar-refractivity contribution in [1.29, 1.82) is 0 Å². The van der Waals surface area contributed by atoms with Crippen molar-refractivity contribution in [3.63, 3.8) is 0 Å². The van der Waals surface area contributed by atoms with Crippen LogP contribution >= 0.6 is 0 Å². The van der Waals surface area contributed by atoms with Crippen molar-refractivity contribution in [2.24, 2.45) is 0 Å². The topological polar surface area (TPSA) is 52.1 Å². The number of carbonyl (C=O) groups excluding carboxylic acids is 1. The number of hydrogen-bond acceptors (Lipinski definition) is 4. The van der Waals surface area contributed by atoms with Gasteiger partial charge in [-0.1, -0.05) is 6.92 Å². The second kappa shape index (κ2) is 4.28. The van der Waals surface area contributed by atoms with Gasteiger partial charge in [0.15, 0.2) is 5.78 Å². The predicted octanol–water partition coefficient (Wildman–Crippen LogP) is 1.47. The van der Waals surface area contributed by atoms with E-state index in [0.29, 0.717) is 12.0 Å². The van der Waals surface area contributed by atoms with E-state index in [1.807, 2.05) is 6.92 Å². The molecule has 0 aliphatic heterocycles. The van der Waals surface area contributed by atoms with Crippen molar-refractivity contribution in [3.05, 3.63) is 24.3 Å². The quantitative estimate of drug-likeness (QED) is 0.681. The third-order valence-electron chi connectivity index (χ3n) is 2.43. The Labute approximate surface area is 83.3 Å². The molecule has 1 heterocycles. The summed E-state index contributed by atoms with van der Waals surface area (Å²) in [7, 11) is 1.53.